The molecule has 4 atom stereocenters. The predicted octanol–water partition coefficient (Wildman–Crippen LogP) is 8.88. The van der Waals surface area contributed by atoms with Crippen LogP contribution in [0, 0.1) is 12.3 Å². The van der Waals surface area contributed by atoms with E-state index in [-0.39, 0.29) is 54.5 Å². The number of thiophene rings is 1. The van der Waals surface area contributed by atoms with E-state index in [1.54, 1.807) is 78.1 Å². The quantitative estimate of drug-likeness (QED) is 0.0389. The summed E-state index contributed by atoms with van der Waals surface area (Å²) in [7, 11) is 0. The fraction of sp³-hybridized carbons (Fsp3) is 0.377. The maximum absolute atomic E-state index is 14.2. The predicted molar refractivity (Wildman–Crippen MR) is 268 cm³/mol. The minimum absolute atomic E-state index is 0.00248. The Morgan fingerprint density at radius 2 is 1.56 bits per heavy atom. The first kappa shape index (κ1) is 49.8. The Balaban J connectivity index is 0.869. The van der Waals surface area contributed by atoms with Crippen LogP contribution < -0.4 is 15.4 Å². The van der Waals surface area contributed by atoms with E-state index < -0.39 is 29.5 Å². The standard InChI is InChI=1S/C53H61N5O8S2/c1-7-57(26-27-66-41-22-17-35(18-23-41)47(63)46-42-24-21-39(60)29-44(42)68-49(46)37-15-19-38(59)20-16-37)25-9-8-10-45(62)56-50(53(4,5)6)52(65)58-30-40(61)28-43(58)51(64)55-32(2)34-11-13-36(14-12-34)48-33(3)54-31-67-48/h11-24,29,31-32,40,43,50,59-61H,7-10,25-28,30H2,1-6H3,(H,55,64)(H,56,62)/t32-,40-,43-,50+/m0/s1. The number of aliphatic hydroxyl groups is 1. The Morgan fingerprint density at radius 1 is 0.882 bits per heavy atom. The molecule has 358 valence electrons. The highest BCUT2D eigenvalue weighted by Gasteiger charge is 2.44. The van der Waals surface area contributed by atoms with Gasteiger partial charge in [0.25, 0.3) is 0 Å². The number of likely N-dealkylation sites (tertiary alicyclic amines) is 1. The van der Waals surface area contributed by atoms with Gasteiger partial charge in [0.2, 0.25) is 17.7 Å². The second-order valence-electron chi connectivity index (χ2n) is 18.5. The summed E-state index contributed by atoms with van der Waals surface area (Å²) in [5.41, 5.74) is 5.90. The third-order valence-electron chi connectivity index (χ3n) is 12.5. The fourth-order valence-electron chi connectivity index (χ4n) is 8.56. The van der Waals surface area contributed by atoms with Crippen LogP contribution in [0.2, 0.25) is 0 Å². The number of carbonyl (C=O) groups excluding carboxylic acids is 4. The Morgan fingerprint density at radius 3 is 2.22 bits per heavy atom. The lowest BCUT2D eigenvalue weighted by Crippen LogP contribution is -2.57. The maximum Gasteiger partial charge on any atom is 0.246 e. The highest BCUT2D eigenvalue weighted by molar-refractivity contribution is 7.22. The highest BCUT2D eigenvalue weighted by atomic mass is 32.1. The van der Waals surface area contributed by atoms with Crippen molar-refractivity contribution in [2.24, 2.45) is 5.41 Å². The monoisotopic (exact) mass is 959 g/mol. The third kappa shape index (κ3) is 11.9. The number of hydrogen-bond acceptors (Lipinski definition) is 12. The number of aromatic hydroxyl groups is 2. The Bertz CT molecular complexity index is 2710. The van der Waals surface area contributed by atoms with E-state index in [0.717, 1.165) is 61.7 Å². The van der Waals surface area contributed by atoms with Crippen molar-refractivity contribution in [3.05, 3.63) is 119 Å². The molecule has 0 aliphatic carbocycles. The van der Waals surface area contributed by atoms with Crippen LogP contribution in [-0.4, -0.2) is 105 Å². The molecule has 0 unspecified atom stereocenters. The molecule has 7 rings (SSSR count). The average molecular weight is 960 g/mol. The van der Waals surface area contributed by atoms with Gasteiger partial charge in [-0.2, -0.15) is 0 Å². The summed E-state index contributed by atoms with van der Waals surface area (Å²) in [4.78, 5) is 65.1. The smallest absolute Gasteiger partial charge is 0.246 e. The van der Waals surface area contributed by atoms with Crippen molar-refractivity contribution >= 4 is 56.3 Å². The van der Waals surface area contributed by atoms with Crippen molar-refractivity contribution < 1.29 is 39.2 Å². The van der Waals surface area contributed by atoms with Gasteiger partial charge in [-0.3, -0.25) is 19.2 Å². The van der Waals surface area contributed by atoms with Crippen LogP contribution in [-0.2, 0) is 14.4 Å². The molecule has 1 aliphatic rings. The number of aryl methyl sites for hydroxylation is 1. The van der Waals surface area contributed by atoms with Crippen LogP contribution in [0.4, 0.5) is 0 Å². The van der Waals surface area contributed by atoms with Crippen LogP contribution in [0.15, 0.2) is 96.5 Å². The van der Waals surface area contributed by atoms with Gasteiger partial charge in [-0.25, -0.2) is 4.98 Å². The lowest BCUT2D eigenvalue weighted by molar-refractivity contribution is -0.144. The molecule has 0 bridgehead atoms. The fourth-order valence-corrected chi connectivity index (χ4v) is 10.6. The molecule has 13 nitrogen and oxygen atoms in total. The normalized spacial score (nSPS) is 15.9. The molecule has 1 saturated heterocycles. The Labute approximate surface area is 405 Å². The van der Waals surface area contributed by atoms with Gasteiger partial charge >= 0.3 is 0 Å². The van der Waals surface area contributed by atoms with E-state index in [0.29, 0.717) is 36.4 Å². The number of unbranched alkanes of at least 4 members (excludes halogenated alkanes) is 1. The third-order valence-corrected chi connectivity index (χ3v) is 14.6. The molecular weight excluding hydrogens is 899 g/mol. The second kappa shape index (κ2) is 21.9. The number of hydrogen-bond donors (Lipinski definition) is 5. The number of phenols is 2. The van der Waals surface area contributed by atoms with Crippen LogP contribution >= 0.6 is 22.7 Å². The molecule has 0 radical (unpaired) electrons. The molecule has 4 aromatic carbocycles. The zero-order valence-corrected chi connectivity index (χ0v) is 41.1. The number of nitrogens with one attached hydrogen (secondary N) is 2. The van der Waals surface area contributed by atoms with E-state index in [1.807, 2.05) is 64.4 Å². The topological polar surface area (TPSA) is 182 Å². The molecule has 3 heterocycles. The second-order valence-corrected chi connectivity index (χ2v) is 20.4. The number of aromatic nitrogens is 1. The molecule has 0 spiro atoms. The molecule has 0 saturated carbocycles. The largest absolute Gasteiger partial charge is 0.508 e. The molecule has 15 heteroatoms. The number of amides is 3. The van der Waals surface area contributed by atoms with Gasteiger partial charge in [-0.15, -0.1) is 22.7 Å². The SMILES string of the molecule is CCN(CCCCC(=O)N[C@H](C(=O)N1C[C@@H](O)C[C@H]1C(=O)N[C@@H](C)c1ccc(-c2scnc2C)cc1)C(C)(C)C)CCOc1ccc(C(=O)c2c(-c3ccc(O)cc3)sc3cc(O)ccc23)cc1. The number of fused-ring (bicyclic) bond motifs is 1. The minimum atomic E-state index is -0.902. The van der Waals surface area contributed by atoms with E-state index >= 15 is 0 Å². The Kier molecular flexibility index (Phi) is 16.0. The number of ether oxygens (including phenoxy) is 1. The van der Waals surface area contributed by atoms with E-state index in [2.05, 4.69) is 27.4 Å². The number of benzene rings is 4. The number of rotatable bonds is 19. The van der Waals surface area contributed by atoms with Crippen molar-refractivity contribution in [1.82, 2.24) is 25.4 Å². The molecule has 2 aromatic heterocycles. The van der Waals surface area contributed by atoms with Crippen molar-refractivity contribution in [2.45, 2.75) is 91.5 Å². The van der Waals surface area contributed by atoms with Crippen molar-refractivity contribution in [2.75, 3.05) is 32.8 Å². The van der Waals surface area contributed by atoms with Gasteiger partial charge in [-0.05, 0) is 129 Å². The summed E-state index contributed by atoms with van der Waals surface area (Å²) in [6, 6.07) is 24.6. The van der Waals surface area contributed by atoms with Crippen LogP contribution in [0.1, 0.15) is 93.5 Å². The van der Waals surface area contributed by atoms with Crippen molar-refractivity contribution in [3.63, 3.8) is 0 Å². The van der Waals surface area contributed by atoms with Crippen LogP contribution in [0.25, 0.3) is 31.0 Å². The zero-order valence-electron chi connectivity index (χ0n) is 39.5. The van der Waals surface area contributed by atoms with Gasteiger partial charge < -0.3 is 40.5 Å². The number of β-amino-alcohol motifs (C(OH)–C–C–N with tert-alkyl or cyclic N) is 1. The summed E-state index contributed by atoms with van der Waals surface area (Å²) in [5.74, 6) is -0.274. The van der Waals surface area contributed by atoms with E-state index in [9.17, 15) is 34.5 Å². The van der Waals surface area contributed by atoms with E-state index in [1.165, 1.54) is 16.2 Å². The number of thiazole rings is 1. The van der Waals surface area contributed by atoms with Gasteiger partial charge in [-0.1, -0.05) is 52.0 Å². The summed E-state index contributed by atoms with van der Waals surface area (Å²) < 4.78 is 6.86. The minimum Gasteiger partial charge on any atom is -0.508 e. The van der Waals surface area contributed by atoms with Crippen molar-refractivity contribution in [3.8, 4) is 38.1 Å². The summed E-state index contributed by atoms with van der Waals surface area (Å²) in [6.45, 7) is 14.2. The number of likely N-dealkylation sites (N-methyl/N-ethyl adjacent to an activating group) is 1. The molecule has 6 aromatic rings. The highest BCUT2D eigenvalue weighted by Crippen LogP contribution is 2.42. The van der Waals surface area contributed by atoms with Crippen LogP contribution in [0.3, 0.4) is 0 Å². The maximum atomic E-state index is 14.2. The molecule has 1 aliphatic heterocycles. The Hall–Kier alpha value is -6.13. The number of aliphatic hydroxyl groups excluding tert-OH is 1. The van der Waals surface area contributed by atoms with Crippen molar-refractivity contribution in [1.29, 1.82) is 0 Å². The van der Waals surface area contributed by atoms with Gasteiger partial charge in [0.1, 0.15) is 35.9 Å². The first-order valence-corrected chi connectivity index (χ1v) is 24.8. The molecule has 68 heavy (non-hydrogen) atoms. The summed E-state index contributed by atoms with van der Waals surface area (Å²) in [5, 5.41) is 37.4. The summed E-state index contributed by atoms with van der Waals surface area (Å²) >= 11 is 2.99. The first-order chi connectivity index (χ1) is 32.5. The number of nitrogens with zero attached hydrogens (tertiary/aromatic N) is 3. The number of ketones is 1. The van der Waals surface area contributed by atoms with Gasteiger partial charge in [0.15, 0.2) is 5.78 Å². The molecular formula is C53H61N5O8S2. The number of carbonyl (C=O) groups is 4. The zero-order chi connectivity index (χ0) is 48.7. The average Bonchev–Trinajstić information content (AvgIpc) is 4.04. The lowest BCUT2D eigenvalue weighted by Gasteiger charge is -2.35. The molecule has 5 N–H and O–H groups in total. The first-order valence-electron chi connectivity index (χ1n) is 23.1. The molecule has 1 fully saturated rings. The lowest BCUT2D eigenvalue weighted by atomic mass is 9.85. The number of phenolic OH excluding ortho intramolecular Hbond substituents is 2. The van der Waals surface area contributed by atoms with E-state index in [4.69, 9.17) is 4.74 Å². The summed E-state index contributed by atoms with van der Waals surface area (Å²) in [6.07, 6.45) is 0.827. The van der Waals surface area contributed by atoms with Gasteiger partial charge in [0, 0.05) is 52.0 Å². The van der Waals surface area contributed by atoms with Crippen LogP contribution in [0.5, 0.6) is 17.2 Å². The van der Waals surface area contributed by atoms with Gasteiger partial charge in [0.05, 0.1) is 28.2 Å². The molecule has 3 amide bonds.